The Morgan fingerprint density at radius 1 is 1.06 bits per heavy atom. The number of carbonyl (C=O) groups is 1. The van der Waals surface area contributed by atoms with E-state index in [4.69, 9.17) is 4.42 Å². The number of benzene rings is 2. The van der Waals surface area contributed by atoms with Gasteiger partial charge in [0.2, 0.25) is 5.91 Å². The molecule has 0 radical (unpaired) electrons. The molecule has 0 bridgehead atoms. The fraction of sp³-hybridized carbons (Fsp3) is 0.208. The molecule has 2 heterocycles. The zero-order valence-corrected chi connectivity index (χ0v) is 18.6. The van der Waals surface area contributed by atoms with E-state index in [1.807, 2.05) is 61.7 Å². The number of thioether (sulfide) groups is 1. The molecule has 7 heteroatoms. The van der Waals surface area contributed by atoms with Crippen molar-refractivity contribution in [2.75, 3.05) is 11.1 Å². The number of furan rings is 1. The van der Waals surface area contributed by atoms with Gasteiger partial charge in [0, 0.05) is 5.69 Å². The minimum absolute atomic E-state index is 0.0766. The summed E-state index contributed by atoms with van der Waals surface area (Å²) < 4.78 is 7.50. The third-order valence-electron chi connectivity index (χ3n) is 4.99. The van der Waals surface area contributed by atoms with Crippen molar-refractivity contribution in [1.29, 1.82) is 0 Å². The SMILES string of the molecule is Cc1ccc(NC(=O)CSc2nnc(-c3ccoc3C)n2Cc2ccccc2)c(C)c1. The van der Waals surface area contributed by atoms with Gasteiger partial charge in [0.15, 0.2) is 11.0 Å². The van der Waals surface area contributed by atoms with Crippen molar-refractivity contribution in [2.24, 2.45) is 0 Å². The van der Waals surface area contributed by atoms with Gasteiger partial charge in [0.1, 0.15) is 5.76 Å². The molecule has 4 rings (SSSR count). The first-order chi connectivity index (χ1) is 15.0. The van der Waals surface area contributed by atoms with E-state index in [1.165, 1.54) is 17.3 Å². The summed E-state index contributed by atoms with van der Waals surface area (Å²) in [4.78, 5) is 12.6. The van der Waals surface area contributed by atoms with Crippen molar-refractivity contribution in [1.82, 2.24) is 14.8 Å². The van der Waals surface area contributed by atoms with Gasteiger partial charge in [-0.1, -0.05) is 59.8 Å². The molecule has 2 aromatic carbocycles. The smallest absolute Gasteiger partial charge is 0.234 e. The molecule has 0 fully saturated rings. The standard InChI is InChI=1S/C24H24N4O2S/c1-16-9-10-21(17(2)13-16)25-22(29)15-31-24-27-26-23(20-11-12-30-18(20)3)28(24)14-19-7-5-4-6-8-19/h4-13H,14-15H2,1-3H3,(H,25,29). The molecule has 2 aromatic heterocycles. The van der Waals surface area contributed by atoms with Gasteiger partial charge in [0.05, 0.1) is 24.1 Å². The lowest BCUT2D eigenvalue weighted by molar-refractivity contribution is -0.113. The zero-order chi connectivity index (χ0) is 21.8. The summed E-state index contributed by atoms with van der Waals surface area (Å²) in [5.74, 6) is 1.68. The lowest BCUT2D eigenvalue weighted by Crippen LogP contribution is -2.15. The summed E-state index contributed by atoms with van der Waals surface area (Å²) in [5.41, 5.74) is 5.07. The van der Waals surface area contributed by atoms with E-state index in [-0.39, 0.29) is 11.7 Å². The zero-order valence-electron chi connectivity index (χ0n) is 17.8. The van der Waals surface area contributed by atoms with Crippen molar-refractivity contribution >= 4 is 23.4 Å². The molecule has 31 heavy (non-hydrogen) atoms. The van der Waals surface area contributed by atoms with Gasteiger partial charge in [-0.15, -0.1) is 10.2 Å². The average molecular weight is 433 g/mol. The van der Waals surface area contributed by atoms with Crippen LogP contribution in [0.1, 0.15) is 22.5 Å². The number of anilines is 1. The van der Waals surface area contributed by atoms with Gasteiger partial charge in [-0.05, 0) is 44.0 Å². The van der Waals surface area contributed by atoms with Crippen LogP contribution in [0.5, 0.6) is 0 Å². The Hall–Kier alpha value is -3.32. The van der Waals surface area contributed by atoms with Crippen LogP contribution in [0.4, 0.5) is 5.69 Å². The van der Waals surface area contributed by atoms with Crippen molar-refractivity contribution in [2.45, 2.75) is 32.5 Å². The summed E-state index contributed by atoms with van der Waals surface area (Å²) in [7, 11) is 0. The van der Waals surface area contributed by atoms with Crippen LogP contribution in [0, 0.1) is 20.8 Å². The second-order valence-electron chi connectivity index (χ2n) is 7.42. The van der Waals surface area contributed by atoms with Gasteiger partial charge in [-0.3, -0.25) is 9.36 Å². The van der Waals surface area contributed by atoms with Crippen LogP contribution in [-0.2, 0) is 11.3 Å². The van der Waals surface area contributed by atoms with Gasteiger partial charge >= 0.3 is 0 Å². The Kier molecular flexibility index (Phi) is 6.23. The molecule has 0 spiro atoms. The van der Waals surface area contributed by atoms with Gasteiger partial charge < -0.3 is 9.73 Å². The maximum absolute atomic E-state index is 12.6. The van der Waals surface area contributed by atoms with Crippen molar-refractivity contribution < 1.29 is 9.21 Å². The molecule has 1 amide bonds. The number of nitrogens with one attached hydrogen (secondary N) is 1. The van der Waals surface area contributed by atoms with Gasteiger partial charge in [-0.2, -0.15) is 0 Å². The normalized spacial score (nSPS) is 10.9. The molecule has 0 aliphatic carbocycles. The predicted molar refractivity (Wildman–Crippen MR) is 123 cm³/mol. The molecule has 0 saturated heterocycles. The van der Waals surface area contributed by atoms with Gasteiger partial charge in [-0.25, -0.2) is 0 Å². The Bertz CT molecular complexity index is 1200. The number of hydrogen-bond donors (Lipinski definition) is 1. The first kappa shape index (κ1) is 20.9. The maximum Gasteiger partial charge on any atom is 0.234 e. The quantitative estimate of drug-likeness (QED) is 0.404. The monoisotopic (exact) mass is 432 g/mol. The van der Waals surface area contributed by atoms with E-state index in [9.17, 15) is 4.79 Å². The summed E-state index contributed by atoms with van der Waals surface area (Å²) in [6.07, 6.45) is 1.65. The molecule has 0 unspecified atom stereocenters. The molecule has 0 saturated carbocycles. The fourth-order valence-corrected chi connectivity index (χ4v) is 4.13. The van der Waals surface area contributed by atoms with Crippen LogP contribution in [0.25, 0.3) is 11.4 Å². The lowest BCUT2D eigenvalue weighted by atomic mass is 10.1. The van der Waals surface area contributed by atoms with E-state index in [0.29, 0.717) is 11.7 Å². The van der Waals surface area contributed by atoms with E-state index in [1.54, 1.807) is 6.26 Å². The number of aryl methyl sites for hydroxylation is 3. The first-order valence-corrected chi connectivity index (χ1v) is 11.0. The molecule has 6 nitrogen and oxygen atoms in total. The number of aromatic nitrogens is 3. The van der Waals surface area contributed by atoms with E-state index in [2.05, 4.69) is 33.7 Å². The van der Waals surface area contributed by atoms with Crippen molar-refractivity contribution in [3.63, 3.8) is 0 Å². The summed E-state index contributed by atoms with van der Waals surface area (Å²) in [6, 6.07) is 18.0. The van der Waals surface area contributed by atoms with Crippen LogP contribution in [0.3, 0.4) is 0 Å². The number of rotatable bonds is 7. The van der Waals surface area contributed by atoms with Crippen LogP contribution in [-0.4, -0.2) is 26.4 Å². The van der Waals surface area contributed by atoms with Crippen LogP contribution in [0.15, 0.2) is 70.4 Å². The molecule has 0 aliphatic rings. The van der Waals surface area contributed by atoms with Crippen LogP contribution < -0.4 is 5.32 Å². The number of hydrogen-bond acceptors (Lipinski definition) is 5. The molecule has 158 valence electrons. The third-order valence-corrected chi connectivity index (χ3v) is 5.96. The summed E-state index contributed by atoms with van der Waals surface area (Å²) in [5, 5.41) is 12.5. The predicted octanol–water partition coefficient (Wildman–Crippen LogP) is 5.24. The minimum Gasteiger partial charge on any atom is -0.469 e. The topological polar surface area (TPSA) is 73.0 Å². The van der Waals surface area contributed by atoms with E-state index in [0.717, 1.165) is 34.0 Å². The second kappa shape index (κ2) is 9.22. The molecule has 0 atom stereocenters. The molecule has 4 aromatic rings. The fourth-order valence-electron chi connectivity index (χ4n) is 3.39. The van der Waals surface area contributed by atoms with Crippen LogP contribution in [0.2, 0.25) is 0 Å². The molecular weight excluding hydrogens is 408 g/mol. The number of amides is 1. The number of carbonyl (C=O) groups excluding carboxylic acids is 1. The van der Waals surface area contributed by atoms with Crippen molar-refractivity contribution in [3.8, 4) is 11.4 Å². The Balaban J connectivity index is 1.54. The first-order valence-electron chi connectivity index (χ1n) is 10.0. The van der Waals surface area contributed by atoms with E-state index < -0.39 is 0 Å². The highest BCUT2D eigenvalue weighted by atomic mass is 32.2. The minimum atomic E-state index is -0.0766. The Labute approximate surface area is 185 Å². The lowest BCUT2D eigenvalue weighted by Gasteiger charge is -2.11. The highest BCUT2D eigenvalue weighted by Crippen LogP contribution is 2.28. The second-order valence-corrected chi connectivity index (χ2v) is 8.37. The maximum atomic E-state index is 12.6. The van der Waals surface area contributed by atoms with Crippen molar-refractivity contribution in [3.05, 3.63) is 83.3 Å². The van der Waals surface area contributed by atoms with Gasteiger partial charge in [0.25, 0.3) is 0 Å². The van der Waals surface area contributed by atoms with E-state index >= 15 is 0 Å². The molecule has 1 N–H and O–H groups in total. The Morgan fingerprint density at radius 2 is 1.87 bits per heavy atom. The largest absolute Gasteiger partial charge is 0.469 e. The van der Waals surface area contributed by atoms with Crippen LogP contribution >= 0.6 is 11.8 Å². The molecule has 0 aliphatic heterocycles. The summed E-state index contributed by atoms with van der Waals surface area (Å²) >= 11 is 1.37. The highest BCUT2D eigenvalue weighted by Gasteiger charge is 2.19. The average Bonchev–Trinajstić information content (AvgIpc) is 3.35. The number of nitrogens with zero attached hydrogens (tertiary/aromatic N) is 3. The molecular formula is C24H24N4O2S. The highest BCUT2D eigenvalue weighted by molar-refractivity contribution is 7.99. The summed E-state index contributed by atoms with van der Waals surface area (Å²) in [6.45, 7) is 6.54. The Morgan fingerprint density at radius 3 is 2.58 bits per heavy atom. The third kappa shape index (κ3) is 4.88.